The van der Waals surface area contributed by atoms with Gasteiger partial charge in [-0.1, -0.05) is 0 Å². The molecule has 78 valence electrons. The molecule has 0 bridgehead atoms. The van der Waals surface area contributed by atoms with Crippen molar-refractivity contribution < 1.29 is 19.1 Å². The van der Waals surface area contributed by atoms with Crippen LogP contribution in [0.15, 0.2) is 0 Å². The summed E-state index contributed by atoms with van der Waals surface area (Å²) in [6, 6.07) is 0. The molecule has 5 nitrogen and oxygen atoms in total. The lowest BCUT2D eigenvalue weighted by molar-refractivity contribution is -0.140. The third-order valence-corrected chi connectivity index (χ3v) is 2.81. The van der Waals surface area contributed by atoms with Gasteiger partial charge in [-0.05, 0) is 11.9 Å². The first-order valence-corrected chi connectivity index (χ1v) is 5.15. The minimum atomic E-state index is -0.336. The molecule has 0 atom stereocenters. The molecule has 14 heavy (non-hydrogen) atoms. The first-order valence-electron chi connectivity index (χ1n) is 4.20. The van der Waals surface area contributed by atoms with Crippen molar-refractivity contribution in [2.24, 2.45) is 0 Å². The van der Waals surface area contributed by atoms with Gasteiger partial charge in [-0.3, -0.25) is 14.4 Å². The van der Waals surface area contributed by atoms with E-state index < -0.39 is 0 Å². The standard InChI is InChI=1S/C8H11NO4S/c1-13-8(12)4-5-14-9-6(10)2-3-7(9)11/h2-5H2,1H3. The summed E-state index contributed by atoms with van der Waals surface area (Å²) in [6.45, 7) is 0. The summed E-state index contributed by atoms with van der Waals surface area (Å²) in [4.78, 5) is 32.9. The normalized spacial score (nSPS) is 16.2. The Bertz CT molecular complexity index is 250. The molecule has 0 N–H and O–H groups in total. The molecule has 2 amide bonds. The predicted molar refractivity (Wildman–Crippen MR) is 50.2 cm³/mol. The van der Waals surface area contributed by atoms with Crippen LogP contribution in [0, 0.1) is 0 Å². The molecule has 0 aliphatic carbocycles. The van der Waals surface area contributed by atoms with E-state index in [2.05, 4.69) is 4.74 Å². The number of ether oxygens (including phenoxy) is 1. The van der Waals surface area contributed by atoms with Crippen LogP contribution in [0.3, 0.4) is 0 Å². The highest BCUT2D eigenvalue weighted by molar-refractivity contribution is 7.98. The van der Waals surface area contributed by atoms with Crippen molar-refractivity contribution in [3.63, 3.8) is 0 Å². The smallest absolute Gasteiger partial charge is 0.306 e. The average molecular weight is 217 g/mol. The summed E-state index contributed by atoms with van der Waals surface area (Å²) in [7, 11) is 1.30. The van der Waals surface area contributed by atoms with Crippen LogP contribution in [0.25, 0.3) is 0 Å². The minimum Gasteiger partial charge on any atom is -0.469 e. The second-order valence-electron chi connectivity index (χ2n) is 2.74. The fourth-order valence-corrected chi connectivity index (χ4v) is 1.93. The maximum atomic E-state index is 11.1. The molecule has 1 fully saturated rings. The highest BCUT2D eigenvalue weighted by atomic mass is 32.2. The van der Waals surface area contributed by atoms with Gasteiger partial charge in [0.05, 0.1) is 13.5 Å². The number of carbonyl (C=O) groups is 3. The lowest BCUT2D eigenvalue weighted by atomic mass is 10.4. The number of rotatable bonds is 4. The van der Waals surface area contributed by atoms with E-state index in [-0.39, 0.29) is 37.0 Å². The third kappa shape index (κ3) is 2.73. The molecule has 1 aliphatic rings. The van der Waals surface area contributed by atoms with Crippen molar-refractivity contribution in [1.29, 1.82) is 0 Å². The fourth-order valence-electron chi connectivity index (χ4n) is 1.02. The van der Waals surface area contributed by atoms with Crippen molar-refractivity contribution in [2.75, 3.05) is 12.9 Å². The summed E-state index contributed by atoms with van der Waals surface area (Å²) in [5.74, 6) is -0.296. The van der Waals surface area contributed by atoms with Crippen molar-refractivity contribution in [2.45, 2.75) is 19.3 Å². The fraction of sp³-hybridized carbons (Fsp3) is 0.625. The summed E-state index contributed by atoms with van der Waals surface area (Å²) >= 11 is 1.08. The van der Waals surface area contributed by atoms with E-state index in [4.69, 9.17) is 0 Å². The van der Waals surface area contributed by atoms with Crippen LogP contribution < -0.4 is 0 Å². The van der Waals surface area contributed by atoms with Crippen molar-refractivity contribution >= 4 is 29.7 Å². The van der Waals surface area contributed by atoms with Gasteiger partial charge < -0.3 is 4.74 Å². The maximum Gasteiger partial charge on any atom is 0.306 e. The van der Waals surface area contributed by atoms with Crippen LogP contribution in [-0.2, 0) is 19.1 Å². The van der Waals surface area contributed by atoms with Crippen molar-refractivity contribution in [3.8, 4) is 0 Å². The molecule has 1 aliphatic heterocycles. The van der Waals surface area contributed by atoms with Gasteiger partial charge >= 0.3 is 5.97 Å². The lowest BCUT2D eigenvalue weighted by Gasteiger charge is -2.10. The third-order valence-electron chi connectivity index (χ3n) is 1.76. The van der Waals surface area contributed by atoms with Crippen LogP contribution >= 0.6 is 11.9 Å². The van der Waals surface area contributed by atoms with Crippen LogP contribution in [0.2, 0.25) is 0 Å². The van der Waals surface area contributed by atoms with E-state index in [1.54, 1.807) is 0 Å². The van der Waals surface area contributed by atoms with Gasteiger partial charge in [0, 0.05) is 18.6 Å². The Morgan fingerprint density at radius 2 is 2.00 bits per heavy atom. The SMILES string of the molecule is COC(=O)CCSN1C(=O)CCC1=O. The number of nitrogens with zero attached hydrogens (tertiary/aromatic N) is 1. The average Bonchev–Trinajstić information content (AvgIpc) is 2.48. The van der Waals surface area contributed by atoms with E-state index in [0.29, 0.717) is 5.75 Å². The first-order chi connectivity index (χ1) is 6.65. The maximum absolute atomic E-state index is 11.1. The quantitative estimate of drug-likeness (QED) is 0.386. The zero-order valence-electron chi connectivity index (χ0n) is 7.82. The van der Waals surface area contributed by atoms with Gasteiger partial charge in [0.25, 0.3) is 0 Å². The molecule has 0 radical (unpaired) electrons. The van der Waals surface area contributed by atoms with Crippen LogP contribution in [0.1, 0.15) is 19.3 Å². The number of esters is 1. The molecule has 0 unspecified atom stereocenters. The Morgan fingerprint density at radius 1 is 1.43 bits per heavy atom. The first kappa shape index (κ1) is 11.0. The number of amides is 2. The highest BCUT2D eigenvalue weighted by Gasteiger charge is 2.29. The van der Waals surface area contributed by atoms with Gasteiger partial charge in [-0.25, -0.2) is 4.31 Å². The molecule has 0 saturated carbocycles. The van der Waals surface area contributed by atoms with E-state index in [9.17, 15) is 14.4 Å². The molecule has 0 aromatic heterocycles. The molecule has 1 saturated heterocycles. The van der Waals surface area contributed by atoms with Crippen molar-refractivity contribution in [3.05, 3.63) is 0 Å². The number of carbonyl (C=O) groups excluding carboxylic acids is 3. The highest BCUT2D eigenvalue weighted by Crippen LogP contribution is 2.21. The Morgan fingerprint density at radius 3 is 2.50 bits per heavy atom. The zero-order valence-corrected chi connectivity index (χ0v) is 8.63. The number of hydrogen-bond donors (Lipinski definition) is 0. The van der Waals surface area contributed by atoms with E-state index in [1.165, 1.54) is 7.11 Å². The van der Waals surface area contributed by atoms with Gasteiger partial charge in [-0.2, -0.15) is 0 Å². The van der Waals surface area contributed by atoms with Crippen molar-refractivity contribution in [1.82, 2.24) is 4.31 Å². The molecule has 6 heteroatoms. The number of imide groups is 1. The number of hydrogen-bond acceptors (Lipinski definition) is 5. The van der Waals surface area contributed by atoms with E-state index in [0.717, 1.165) is 16.3 Å². The van der Waals surface area contributed by atoms with Crippen LogP contribution in [-0.4, -0.2) is 35.0 Å². The van der Waals surface area contributed by atoms with Gasteiger partial charge in [0.2, 0.25) is 11.8 Å². The minimum absolute atomic E-state index is 0.176. The largest absolute Gasteiger partial charge is 0.469 e. The zero-order chi connectivity index (χ0) is 10.6. The summed E-state index contributed by atoms with van der Waals surface area (Å²) in [5, 5.41) is 0. The Balaban J connectivity index is 2.27. The van der Waals surface area contributed by atoms with Crippen LogP contribution in [0.5, 0.6) is 0 Å². The van der Waals surface area contributed by atoms with E-state index >= 15 is 0 Å². The van der Waals surface area contributed by atoms with E-state index in [1.807, 2.05) is 0 Å². The molecular formula is C8H11NO4S. The van der Waals surface area contributed by atoms with Gasteiger partial charge in [0.15, 0.2) is 0 Å². The summed E-state index contributed by atoms with van der Waals surface area (Å²) in [5.41, 5.74) is 0. The summed E-state index contributed by atoms with van der Waals surface area (Å²) < 4.78 is 5.56. The van der Waals surface area contributed by atoms with Gasteiger partial charge in [0.1, 0.15) is 0 Å². The lowest BCUT2D eigenvalue weighted by Crippen LogP contribution is -2.22. The Kier molecular flexibility index (Phi) is 3.94. The molecule has 0 aromatic rings. The monoisotopic (exact) mass is 217 g/mol. The number of methoxy groups -OCH3 is 1. The second-order valence-corrected chi connectivity index (χ2v) is 3.77. The Labute approximate surface area is 85.9 Å². The Hall–Kier alpha value is -1.04. The molecule has 0 spiro atoms. The van der Waals surface area contributed by atoms with Gasteiger partial charge in [-0.15, -0.1) is 0 Å². The second kappa shape index (κ2) is 4.99. The molecule has 0 aromatic carbocycles. The topological polar surface area (TPSA) is 63.7 Å². The molecular weight excluding hydrogens is 206 g/mol. The molecule has 1 heterocycles. The summed E-state index contributed by atoms with van der Waals surface area (Å²) in [6.07, 6.45) is 0.770. The van der Waals surface area contributed by atoms with Crippen LogP contribution in [0.4, 0.5) is 0 Å². The molecule has 1 rings (SSSR count). The predicted octanol–water partition coefficient (Wildman–Crippen LogP) is 0.347.